The fraction of sp³-hybridized carbons (Fsp3) is 0.231. The third-order valence-electron chi connectivity index (χ3n) is 2.38. The van der Waals surface area contributed by atoms with Crippen molar-refractivity contribution in [2.75, 3.05) is 11.9 Å². The summed E-state index contributed by atoms with van der Waals surface area (Å²) in [6, 6.07) is 7.82. The first kappa shape index (κ1) is 13.9. The molecule has 0 fully saturated rings. The number of hydrogen-bond acceptors (Lipinski definition) is 4. The van der Waals surface area contributed by atoms with Crippen molar-refractivity contribution in [3.05, 3.63) is 46.3 Å². The smallest absolute Gasteiger partial charge is 0.224 e. The molecule has 0 unspecified atom stereocenters. The van der Waals surface area contributed by atoms with E-state index in [1.807, 2.05) is 31.2 Å². The number of ether oxygens (including phenoxy) is 1. The van der Waals surface area contributed by atoms with Gasteiger partial charge in [0.1, 0.15) is 16.6 Å². The van der Waals surface area contributed by atoms with Crippen LogP contribution in [0.3, 0.4) is 0 Å². The van der Waals surface area contributed by atoms with Crippen molar-refractivity contribution in [2.45, 2.75) is 13.5 Å². The SMILES string of the molecule is CCOc1cccc(CNc2nc(Cl)ncc2Cl)c1. The lowest BCUT2D eigenvalue weighted by molar-refractivity contribution is 0.340. The van der Waals surface area contributed by atoms with E-state index in [-0.39, 0.29) is 5.28 Å². The summed E-state index contributed by atoms with van der Waals surface area (Å²) in [5.74, 6) is 1.36. The predicted octanol–water partition coefficient (Wildman–Crippen LogP) is 3.79. The first-order valence-corrected chi connectivity index (χ1v) is 6.58. The van der Waals surface area contributed by atoms with Crippen LogP contribution < -0.4 is 10.1 Å². The molecule has 2 aromatic rings. The van der Waals surface area contributed by atoms with Gasteiger partial charge in [0.15, 0.2) is 0 Å². The Kier molecular flexibility index (Phi) is 4.82. The van der Waals surface area contributed by atoms with Crippen LogP contribution in [0.1, 0.15) is 12.5 Å². The molecular formula is C13H13Cl2N3O. The number of nitrogens with one attached hydrogen (secondary N) is 1. The molecule has 100 valence electrons. The monoisotopic (exact) mass is 297 g/mol. The van der Waals surface area contributed by atoms with Crippen molar-refractivity contribution < 1.29 is 4.74 Å². The maximum absolute atomic E-state index is 5.97. The predicted molar refractivity (Wildman–Crippen MR) is 77.0 cm³/mol. The minimum atomic E-state index is 0.162. The van der Waals surface area contributed by atoms with E-state index in [1.54, 1.807) is 0 Å². The van der Waals surface area contributed by atoms with Crippen LogP contribution in [0, 0.1) is 0 Å². The molecule has 19 heavy (non-hydrogen) atoms. The van der Waals surface area contributed by atoms with E-state index in [0.717, 1.165) is 11.3 Å². The van der Waals surface area contributed by atoms with Crippen molar-refractivity contribution in [3.8, 4) is 5.75 Å². The van der Waals surface area contributed by atoms with Gasteiger partial charge in [0.25, 0.3) is 0 Å². The Bertz CT molecular complexity index is 563. The first-order valence-electron chi connectivity index (χ1n) is 5.82. The van der Waals surface area contributed by atoms with Crippen LogP contribution >= 0.6 is 23.2 Å². The molecule has 1 heterocycles. The van der Waals surface area contributed by atoms with Crippen LogP contribution in [0.4, 0.5) is 5.82 Å². The lowest BCUT2D eigenvalue weighted by Gasteiger charge is -2.09. The molecule has 1 aromatic heterocycles. The summed E-state index contributed by atoms with van der Waals surface area (Å²) < 4.78 is 5.44. The first-order chi connectivity index (χ1) is 9.19. The van der Waals surface area contributed by atoms with Crippen molar-refractivity contribution in [2.24, 2.45) is 0 Å². The summed E-state index contributed by atoms with van der Waals surface area (Å²) in [6.45, 7) is 3.17. The van der Waals surface area contributed by atoms with Gasteiger partial charge in [-0.1, -0.05) is 23.7 Å². The summed E-state index contributed by atoms with van der Waals surface area (Å²) in [7, 11) is 0. The van der Waals surface area contributed by atoms with Crippen molar-refractivity contribution in [3.63, 3.8) is 0 Å². The van der Waals surface area contributed by atoms with Gasteiger partial charge < -0.3 is 10.1 Å². The van der Waals surface area contributed by atoms with Gasteiger partial charge in [0, 0.05) is 6.54 Å². The molecule has 1 aromatic carbocycles. The molecule has 0 radical (unpaired) electrons. The van der Waals surface area contributed by atoms with E-state index < -0.39 is 0 Å². The lowest BCUT2D eigenvalue weighted by Crippen LogP contribution is -2.03. The number of hydrogen-bond donors (Lipinski definition) is 1. The van der Waals surface area contributed by atoms with Crippen molar-refractivity contribution >= 4 is 29.0 Å². The zero-order valence-corrected chi connectivity index (χ0v) is 11.9. The van der Waals surface area contributed by atoms with Gasteiger partial charge in [-0.15, -0.1) is 0 Å². The third-order valence-corrected chi connectivity index (χ3v) is 2.84. The van der Waals surface area contributed by atoms with Crippen LogP contribution in [-0.2, 0) is 6.54 Å². The highest BCUT2D eigenvalue weighted by Crippen LogP contribution is 2.21. The van der Waals surface area contributed by atoms with Gasteiger partial charge in [-0.25, -0.2) is 4.98 Å². The Morgan fingerprint density at radius 3 is 2.95 bits per heavy atom. The highest BCUT2D eigenvalue weighted by Gasteiger charge is 2.04. The molecule has 0 bridgehead atoms. The van der Waals surface area contributed by atoms with E-state index in [1.165, 1.54) is 6.20 Å². The lowest BCUT2D eigenvalue weighted by atomic mass is 10.2. The number of nitrogens with zero attached hydrogens (tertiary/aromatic N) is 2. The summed E-state index contributed by atoms with van der Waals surface area (Å²) in [5, 5.41) is 3.71. The summed E-state index contributed by atoms with van der Waals surface area (Å²) in [6.07, 6.45) is 1.47. The van der Waals surface area contributed by atoms with Gasteiger partial charge in [-0.2, -0.15) is 4.98 Å². The van der Waals surface area contributed by atoms with Crippen molar-refractivity contribution in [1.82, 2.24) is 9.97 Å². The van der Waals surface area contributed by atoms with Crippen LogP contribution in [-0.4, -0.2) is 16.6 Å². The van der Waals surface area contributed by atoms with Gasteiger partial charge in [0.2, 0.25) is 5.28 Å². The van der Waals surface area contributed by atoms with E-state index >= 15 is 0 Å². The largest absolute Gasteiger partial charge is 0.494 e. The Balaban J connectivity index is 2.05. The molecule has 0 aliphatic carbocycles. The minimum Gasteiger partial charge on any atom is -0.494 e. The van der Waals surface area contributed by atoms with Gasteiger partial charge in [0.05, 0.1) is 12.8 Å². The average molecular weight is 298 g/mol. The number of benzene rings is 1. The molecule has 2 rings (SSSR count). The molecular weight excluding hydrogens is 285 g/mol. The quantitative estimate of drug-likeness (QED) is 0.853. The molecule has 0 atom stereocenters. The molecule has 0 aliphatic rings. The van der Waals surface area contributed by atoms with Crippen LogP contribution in [0.2, 0.25) is 10.3 Å². The fourth-order valence-electron chi connectivity index (χ4n) is 1.57. The molecule has 0 spiro atoms. The normalized spacial score (nSPS) is 10.3. The van der Waals surface area contributed by atoms with E-state index in [2.05, 4.69) is 15.3 Å². The van der Waals surface area contributed by atoms with Gasteiger partial charge >= 0.3 is 0 Å². The third kappa shape index (κ3) is 3.98. The number of anilines is 1. The standard InChI is InChI=1S/C13H13Cl2N3O/c1-2-19-10-5-3-4-9(6-10)7-16-12-11(14)8-17-13(15)18-12/h3-6,8H,2,7H2,1H3,(H,16,17,18). The van der Waals surface area contributed by atoms with Gasteiger partial charge in [-0.3, -0.25) is 0 Å². The second-order valence-corrected chi connectivity index (χ2v) is 4.51. The van der Waals surface area contributed by atoms with Gasteiger partial charge in [-0.05, 0) is 36.2 Å². The highest BCUT2D eigenvalue weighted by molar-refractivity contribution is 6.33. The topological polar surface area (TPSA) is 47.0 Å². The second kappa shape index (κ2) is 6.59. The molecule has 0 amide bonds. The Labute approximate surface area is 121 Å². The number of aromatic nitrogens is 2. The maximum Gasteiger partial charge on any atom is 0.224 e. The maximum atomic E-state index is 5.97. The number of halogens is 2. The average Bonchev–Trinajstić information content (AvgIpc) is 2.41. The molecule has 4 nitrogen and oxygen atoms in total. The van der Waals surface area contributed by atoms with Crippen LogP contribution in [0.25, 0.3) is 0 Å². The van der Waals surface area contributed by atoms with E-state index in [4.69, 9.17) is 27.9 Å². The zero-order chi connectivity index (χ0) is 13.7. The molecule has 1 N–H and O–H groups in total. The zero-order valence-electron chi connectivity index (χ0n) is 10.4. The Morgan fingerprint density at radius 2 is 2.16 bits per heavy atom. The minimum absolute atomic E-state index is 0.162. The number of rotatable bonds is 5. The second-order valence-electron chi connectivity index (χ2n) is 3.77. The Morgan fingerprint density at radius 1 is 1.32 bits per heavy atom. The molecule has 0 saturated heterocycles. The molecule has 0 aliphatic heterocycles. The fourth-order valence-corrected chi connectivity index (χ4v) is 1.86. The summed E-state index contributed by atoms with van der Waals surface area (Å²) >= 11 is 11.7. The highest BCUT2D eigenvalue weighted by atomic mass is 35.5. The Hall–Kier alpha value is -1.52. The van der Waals surface area contributed by atoms with Crippen LogP contribution in [0.5, 0.6) is 5.75 Å². The van der Waals surface area contributed by atoms with E-state index in [0.29, 0.717) is 24.0 Å². The van der Waals surface area contributed by atoms with Crippen LogP contribution in [0.15, 0.2) is 30.5 Å². The summed E-state index contributed by atoms with van der Waals surface area (Å²) in [4.78, 5) is 7.82. The molecule has 6 heteroatoms. The van der Waals surface area contributed by atoms with E-state index in [9.17, 15) is 0 Å². The summed E-state index contributed by atoms with van der Waals surface area (Å²) in [5.41, 5.74) is 1.07. The molecule has 0 saturated carbocycles. The van der Waals surface area contributed by atoms with Crippen molar-refractivity contribution in [1.29, 1.82) is 0 Å².